The lowest BCUT2D eigenvalue weighted by molar-refractivity contribution is -0.136. The van der Waals surface area contributed by atoms with Gasteiger partial charge in [0, 0.05) is 110 Å². The van der Waals surface area contributed by atoms with E-state index < -0.39 is 29.7 Å². The number of nitrogens with one attached hydrogen (secondary N) is 1. The van der Waals surface area contributed by atoms with Crippen molar-refractivity contribution in [3.8, 4) is 28.8 Å². The van der Waals surface area contributed by atoms with Crippen LogP contribution in [0.25, 0.3) is 32.9 Å². The number of amides is 4. The quantitative estimate of drug-likeness (QED) is 0.120. The number of hydrogen-bond acceptors (Lipinski definition) is 9. The van der Waals surface area contributed by atoms with E-state index in [4.69, 9.17) is 4.74 Å². The smallest absolute Gasteiger partial charge is 0.262 e. The number of pyridine rings is 2. The highest BCUT2D eigenvalue weighted by Gasteiger charge is 2.54. The van der Waals surface area contributed by atoms with Crippen molar-refractivity contribution in [3.05, 3.63) is 89.9 Å². The van der Waals surface area contributed by atoms with Gasteiger partial charge >= 0.3 is 0 Å². The van der Waals surface area contributed by atoms with Gasteiger partial charge in [-0.3, -0.25) is 34.4 Å². The summed E-state index contributed by atoms with van der Waals surface area (Å²) in [6, 6.07) is 17.9. The summed E-state index contributed by atoms with van der Waals surface area (Å²) < 4.78 is 8.51. The van der Waals surface area contributed by atoms with E-state index in [-0.39, 0.29) is 30.1 Å². The fourth-order valence-corrected chi connectivity index (χ4v) is 9.94. The van der Waals surface area contributed by atoms with Crippen molar-refractivity contribution in [1.29, 1.82) is 0 Å². The highest BCUT2D eigenvalue weighted by molar-refractivity contribution is 6.23. The zero-order valence-electron chi connectivity index (χ0n) is 32.7. The first-order valence-electron chi connectivity index (χ1n) is 20.4. The second kappa shape index (κ2) is 14.2. The van der Waals surface area contributed by atoms with E-state index in [1.54, 1.807) is 18.2 Å². The van der Waals surface area contributed by atoms with Crippen LogP contribution in [-0.2, 0) is 16.6 Å². The first-order chi connectivity index (χ1) is 28.1. The maximum atomic E-state index is 13.1. The van der Waals surface area contributed by atoms with Crippen LogP contribution >= 0.6 is 0 Å². The van der Waals surface area contributed by atoms with E-state index >= 15 is 0 Å². The molecule has 1 unspecified atom stereocenters. The Kier molecular flexibility index (Phi) is 8.91. The molecule has 5 aliphatic rings. The normalized spacial score (nSPS) is 22.7. The van der Waals surface area contributed by atoms with Crippen molar-refractivity contribution in [1.82, 2.24) is 34.6 Å². The molecule has 2 aromatic carbocycles. The van der Waals surface area contributed by atoms with Crippen LogP contribution < -0.4 is 10.1 Å². The largest absolute Gasteiger partial charge is 0.474 e. The van der Waals surface area contributed by atoms with Crippen LogP contribution in [0.5, 0.6) is 5.88 Å². The molecule has 0 bridgehead atoms. The Labute approximate surface area is 336 Å². The second-order valence-corrected chi connectivity index (χ2v) is 17.0. The lowest BCUT2D eigenvalue weighted by atomic mass is 9.59. The minimum Gasteiger partial charge on any atom is -0.474 e. The van der Waals surface area contributed by atoms with Gasteiger partial charge in [0.1, 0.15) is 12.1 Å². The molecular weight excluding hydrogens is 731 g/mol. The number of aromatic nitrogens is 3. The third-order valence-corrected chi connectivity index (χ3v) is 13.3. The highest BCUT2D eigenvalue weighted by Crippen LogP contribution is 2.51. The third-order valence-electron chi connectivity index (χ3n) is 13.3. The molecule has 3 aromatic heterocycles. The van der Waals surface area contributed by atoms with Crippen LogP contribution in [0.4, 0.5) is 0 Å². The molecule has 12 nitrogen and oxygen atoms in total. The van der Waals surface area contributed by atoms with Gasteiger partial charge in [-0.15, -0.1) is 0 Å². The van der Waals surface area contributed by atoms with E-state index in [1.807, 2.05) is 24.7 Å². The standard InChI is InChI=1S/C46H45N7O5/c1-50(31-20-33(21-31)58-42-14-9-30(24-48-42)29-8-11-34-37-25-47-16-15-38(37)51(2)40(34)19-29)32-22-46(23-32)26-52(27-46)17-5-3-4-6-28-7-10-35-36(18-28)45(57)53(44(35)56)39-12-13-41(54)49-43(39)55/h7-11,14-16,18-19,24-25,31-33,39H,3,5,12-13,17,20-23,26-27H2,1-2H3,(H,49,54,55)/t31-,33-,39?. The fraction of sp³-hybridized carbons (Fsp3) is 0.391. The number of benzene rings is 2. The van der Waals surface area contributed by atoms with Crippen molar-refractivity contribution in [2.24, 2.45) is 12.5 Å². The number of rotatable bonds is 9. The Morgan fingerprint density at radius 1 is 0.897 bits per heavy atom. The summed E-state index contributed by atoms with van der Waals surface area (Å²) in [5.74, 6) is 5.04. The molecule has 6 heterocycles. The summed E-state index contributed by atoms with van der Waals surface area (Å²) in [5.41, 5.74) is 6.20. The lowest BCUT2D eigenvalue weighted by Crippen LogP contribution is -2.67. The topological polar surface area (TPSA) is 130 Å². The number of fused-ring (bicyclic) bond motifs is 4. The Hall–Kier alpha value is -5.90. The van der Waals surface area contributed by atoms with E-state index in [0.29, 0.717) is 28.9 Å². The summed E-state index contributed by atoms with van der Waals surface area (Å²) in [4.78, 5) is 65.0. The zero-order valence-corrected chi connectivity index (χ0v) is 32.7. The van der Waals surface area contributed by atoms with Crippen molar-refractivity contribution < 1.29 is 23.9 Å². The molecule has 5 aromatic rings. The third kappa shape index (κ3) is 6.33. The van der Waals surface area contributed by atoms with Gasteiger partial charge in [-0.25, -0.2) is 4.98 Å². The maximum absolute atomic E-state index is 13.1. The summed E-state index contributed by atoms with van der Waals surface area (Å²) in [6.45, 7) is 3.32. The summed E-state index contributed by atoms with van der Waals surface area (Å²) in [6.07, 6.45) is 12.4. The first-order valence-corrected chi connectivity index (χ1v) is 20.4. The number of nitrogens with zero attached hydrogens (tertiary/aromatic N) is 6. The SMILES string of the molecule is Cn1c2ccncc2c2ccc(-c3ccc(O[C@H]4C[C@H](N(C)C5CC6(C5)CN(CCCC#Cc5ccc7c(c5)C(=O)N(C5CCC(=O)NC5=O)C7=O)C6)C4)nc3)cc21. The molecule has 1 atom stereocenters. The Morgan fingerprint density at radius 2 is 1.71 bits per heavy atom. The van der Waals surface area contributed by atoms with Gasteiger partial charge in [-0.1, -0.05) is 24.0 Å². The number of likely N-dealkylation sites (tertiary alicyclic amines) is 1. The van der Waals surface area contributed by atoms with Crippen LogP contribution in [0.2, 0.25) is 0 Å². The average Bonchev–Trinajstić information content (AvgIpc) is 3.60. The molecule has 0 radical (unpaired) electrons. The van der Waals surface area contributed by atoms with Gasteiger partial charge in [-0.2, -0.15) is 0 Å². The molecule has 294 valence electrons. The second-order valence-electron chi connectivity index (χ2n) is 17.0. The predicted octanol–water partition coefficient (Wildman–Crippen LogP) is 5.33. The molecule has 2 saturated carbocycles. The van der Waals surface area contributed by atoms with E-state index in [2.05, 4.69) is 85.9 Å². The molecule has 2 aliphatic carbocycles. The molecule has 58 heavy (non-hydrogen) atoms. The molecule has 1 N–H and O–H groups in total. The Morgan fingerprint density at radius 3 is 2.50 bits per heavy atom. The Bertz CT molecular complexity index is 2570. The zero-order chi connectivity index (χ0) is 39.7. The van der Waals surface area contributed by atoms with Gasteiger partial charge in [0.15, 0.2) is 0 Å². The number of ether oxygens (including phenoxy) is 1. The van der Waals surface area contributed by atoms with Crippen molar-refractivity contribution in [3.63, 3.8) is 0 Å². The Balaban J connectivity index is 0.638. The molecular formula is C46H45N7O5. The van der Waals surface area contributed by atoms with Gasteiger partial charge in [-0.05, 0) is 86.7 Å². The van der Waals surface area contributed by atoms with E-state index in [1.165, 1.54) is 34.6 Å². The molecule has 4 amide bonds. The number of unbranched alkanes of at least 4 members (excludes halogenated alkanes) is 1. The number of carbonyl (C=O) groups excluding carboxylic acids is 4. The predicted molar refractivity (Wildman–Crippen MR) is 218 cm³/mol. The molecule has 2 saturated heterocycles. The number of hydrogen-bond donors (Lipinski definition) is 1. The van der Waals surface area contributed by atoms with Crippen LogP contribution in [-0.4, -0.2) is 104 Å². The lowest BCUT2D eigenvalue weighted by Gasteiger charge is -2.62. The van der Waals surface area contributed by atoms with Crippen LogP contribution in [0.3, 0.4) is 0 Å². The molecule has 3 aliphatic heterocycles. The molecule has 10 rings (SSSR count). The highest BCUT2D eigenvalue weighted by atomic mass is 16.5. The summed E-state index contributed by atoms with van der Waals surface area (Å²) in [5, 5.41) is 4.59. The van der Waals surface area contributed by atoms with Crippen LogP contribution in [0.1, 0.15) is 77.6 Å². The van der Waals surface area contributed by atoms with Gasteiger partial charge in [0.25, 0.3) is 11.8 Å². The number of imide groups is 2. The average molecular weight is 776 g/mol. The van der Waals surface area contributed by atoms with Gasteiger partial charge in [0.05, 0.1) is 16.6 Å². The van der Waals surface area contributed by atoms with Crippen molar-refractivity contribution in [2.75, 3.05) is 26.7 Å². The minimum atomic E-state index is -0.972. The number of piperidine rings is 1. The fourth-order valence-electron chi connectivity index (χ4n) is 9.94. The first kappa shape index (κ1) is 36.4. The van der Waals surface area contributed by atoms with Crippen LogP contribution in [0, 0.1) is 17.3 Å². The minimum absolute atomic E-state index is 0.0934. The summed E-state index contributed by atoms with van der Waals surface area (Å²) >= 11 is 0. The van der Waals surface area contributed by atoms with Gasteiger partial charge in [0.2, 0.25) is 17.7 Å². The van der Waals surface area contributed by atoms with E-state index in [9.17, 15) is 19.2 Å². The molecule has 4 fully saturated rings. The van der Waals surface area contributed by atoms with Crippen molar-refractivity contribution >= 4 is 45.4 Å². The number of carbonyl (C=O) groups is 4. The van der Waals surface area contributed by atoms with Crippen LogP contribution in [0.15, 0.2) is 73.2 Å². The van der Waals surface area contributed by atoms with Crippen molar-refractivity contribution in [2.45, 2.75) is 75.6 Å². The monoisotopic (exact) mass is 775 g/mol. The van der Waals surface area contributed by atoms with E-state index in [0.717, 1.165) is 61.3 Å². The molecule has 1 spiro atoms. The van der Waals surface area contributed by atoms with Gasteiger partial charge < -0.3 is 19.1 Å². The molecule has 12 heteroatoms. The number of aryl methyl sites for hydroxylation is 1. The maximum Gasteiger partial charge on any atom is 0.262 e. The summed E-state index contributed by atoms with van der Waals surface area (Å²) in [7, 11) is 4.38.